The lowest BCUT2D eigenvalue weighted by Crippen LogP contribution is -2.19. The van der Waals surface area contributed by atoms with E-state index in [-0.39, 0.29) is 0 Å². The van der Waals surface area contributed by atoms with Crippen LogP contribution in [0, 0.1) is 5.41 Å². The summed E-state index contributed by atoms with van der Waals surface area (Å²) >= 11 is 4.24. The molecule has 1 rings (SSSR count). The van der Waals surface area contributed by atoms with Gasteiger partial charge in [0.1, 0.15) is 0 Å². The van der Waals surface area contributed by atoms with Gasteiger partial charge in [0, 0.05) is 0 Å². The fraction of sp³-hybridized carbons (Fsp3) is 1.00. The Balaban J connectivity index is 2.10. The highest BCUT2D eigenvalue weighted by Gasteiger charge is 2.25. The van der Waals surface area contributed by atoms with Crippen LogP contribution in [0.3, 0.4) is 0 Å². The van der Waals surface area contributed by atoms with Crippen molar-refractivity contribution in [3.05, 3.63) is 0 Å². The van der Waals surface area contributed by atoms with Gasteiger partial charge in [0.2, 0.25) is 0 Å². The van der Waals surface area contributed by atoms with E-state index in [0.717, 1.165) is 5.75 Å². The molecule has 0 heterocycles. The van der Waals surface area contributed by atoms with Gasteiger partial charge in [-0.3, -0.25) is 0 Å². The fourth-order valence-electron chi connectivity index (χ4n) is 2.50. The first-order valence-corrected chi connectivity index (χ1v) is 6.51. The Morgan fingerprint density at radius 2 is 1.69 bits per heavy atom. The maximum Gasteiger partial charge on any atom is -0.00979 e. The minimum absolute atomic E-state index is 0.703. The van der Waals surface area contributed by atoms with Gasteiger partial charge in [0.15, 0.2) is 0 Å². The summed E-state index contributed by atoms with van der Waals surface area (Å²) in [6, 6.07) is 0. The van der Waals surface area contributed by atoms with Crippen molar-refractivity contribution >= 4 is 12.6 Å². The molecule has 0 nitrogen and oxygen atoms in total. The second kappa shape index (κ2) is 5.95. The summed E-state index contributed by atoms with van der Waals surface area (Å²) in [7, 11) is 0. The van der Waals surface area contributed by atoms with E-state index in [4.69, 9.17) is 0 Å². The smallest absolute Gasteiger partial charge is 0.00979 e. The molecule has 0 atom stereocenters. The lowest BCUT2D eigenvalue weighted by molar-refractivity contribution is 0.193. The van der Waals surface area contributed by atoms with Gasteiger partial charge >= 0.3 is 0 Å². The molecule has 0 radical (unpaired) electrons. The molecule has 13 heavy (non-hydrogen) atoms. The highest BCUT2D eigenvalue weighted by atomic mass is 32.1. The summed E-state index contributed by atoms with van der Waals surface area (Å²) in [6.45, 7) is 2.49. The van der Waals surface area contributed by atoms with Gasteiger partial charge in [-0.05, 0) is 36.9 Å². The van der Waals surface area contributed by atoms with Gasteiger partial charge in [0.25, 0.3) is 0 Å². The third-order valence-electron chi connectivity index (χ3n) is 3.50. The standard InChI is InChI=1S/C12H24S/c1-12(8-4-2-5-9-12)10-6-3-7-11-13/h13H,2-11H2,1H3. The van der Waals surface area contributed by atoms with Crippen molar-refractivity contribution < 1.29 is 0 Å². The molecule has 0 N–H and O–H groups in total. The Morgan fingerprint density at radius 1 is 1.00 bits per heavy atom. The molecule has 0 saturated heterocycles. The van der Waals surface area contributed by atoms with Crippen LogP contribution in [0.5, 0.6) is 0 Å². The zero-order chi connectivity index (χ0) is 9.57. The van der Waals surface area contributed by atoms with E-state index in [1.165, 1.54) is 57.8 Å². The maximum absolute atomic E-state index is 4.24. The van der Waals surface area contributed by atoms with Crippen LogP contribution in [-0.4, -0.2) is 5.75 Å². The number of unbranched alkanes of at least 4 members (excludes halogenated alkanes) is 2. The zero-order valence-corrected chi connectivity index (χ0v) is 9.91. The Labute approximate surface area is 88.9 Å². The Kier molecular flexibility index (Phi) is 5.23. The lowest BCUT2D eigenvalue weighted by Gasteiger charge is -2.33. The molecule has 0 aromatic rings. The predicted molar refractivity (Wildman–Crippen MR) is 63.5 cm³/mol. The van der Waals surface area contributed by atoms with Gasteiger partial charge in [-0.1, -0.05) is 39.0 Å². The van der Waals surface area contributed by atoms with Crippen molar-refractivity contribution in [3.8, 4) is 0 Å². The third-order valence-corrected chi connectivity index (χ3v) is 3.82. The fourth-order valence-corrected chi connectivity index (χ4v) is 2.72. The van der Waals surface area contributed by atoms with Gasteiger partial charge in [-0.25, -0.2) is 0 Å². The predicted octanol–water partition coefficient (Wildman–Crippen LogP) is 4.45. The molecule has 0 aliphatic heterocycles. The molecule has 1 saturated carbocycles. The molecule has 1 aliphatic carbocycles. The van der Waals surface area contributed by atoms with Crippen LogP contribution >= 0.6 is 12.6 Å². The van der Waals surface area contributed by atoms with Crippen molar-refractivity contribution in [3.63, 3.8) is 0 Å². The van der Waals surface area contributed by atoms with E-state index >= 15 is 0 Å². The Hall–Kier alpha value is 0.350. The molecule has 0 amide bonds. The van der Waals surface area contributed by atoms with Gasteiger partial charge in [0.05, 0.1) is 0 Å². The van der Waals surface area contributed by atoms with Crippen molar-refractivity contribution in [2.75, 3.05) is 5.75 Å². The number of rotatable bonds is 5. The van der Waals surface area contributed by atoms with E-state index < -0.39 is 0 Å². The van der Waals surface area contributed by atoms with E-state index in [2.05, 4.69) is 19.6 Å². The number of hydrogen-bond donors (Lipinski definition) is 1. The summed E-state index contributed by atoms with van der Waals surface area (Å²) in [4.78, 5) is 0. The summed E-state index contributed by atoms with van der Waals surface area (Å²) in [5, 5.41) is 0. The first kappa shape index (κ1) is 11.4. The van der Waals surface area contributed by atoms with Crippen LogP contribution in [0.2, 0.25) is 0 Å². The normalized spacial score (nSPS) is 21.7. The molecule has 1 heteroatoms. The molecule has 0 bridgehead atoms. The molecule has 0 aromatic carbocycles. The second-order valence-electron chi connectivity index (χ2n) is 4.91. The van der Waals surface area contributed by atoms with Crippen LogP contribution in [0.4, 0.5) is 0 Å². The summed E-state index contributed by atoms with van der Waals surface area (Å²) in [5.41, 5.74) is 0.703. The first-order chi connectivity index (χ1) is 6.27. The molecule has 0 aromatic heterocycles. The van der Waals surface area contributed by atoms with Crippen molar-refractivity contribution in [2.24, 2.45) is 5.41 Å². The monoisotopic (exact) mass is 200 g/mol. The molecule has 0 unspecified atom stereocenters. The topological polar surface area (TPSA) is 0 Å². The van der Waals surface area contributed by atoms with Crippen molar-refractivity contribution in [1.82, 2.24) is 0 Å². The van der Waals surface area contributed by atoms with E-state index in [1.807, 2.05) is 0 Å². The highest BCUT2D eigenvalue weighted by molar-refractivity contribution is 7.80. The number of thiol groups is 1. The van der Waals surface area contributed by atoms with Crippen LogP contribution < -0.4 is 0 Å². The Morgan fingerprint density at radius 3 is 2.31 bits per heavy atom. The highest BCUT2D eigenvalue weighted by Crippen LogP contribution is 2.39. The molecule has 78 valence electrons. The zero-order valence-electron chi connectivity index (χ0n) is 9.02. The van der Waals surface area contributed by atoms with Crippen molar-refractivity contribution in [1.29, 1.82) is 0 Å². The molecular formula is C12H24S. The average Bonchev–Trinajstić information content (AvgIpc) is 2.14. The quantitative estimate of drug-likeness (QED) is 0.492. The average molecular weight is 200 g/mol. The minimum Gasteiger partial charge on any atom is -0.179 e. The molecule has 1 fully saturated rings. The Bertz CT molecular complexity index is 125. The second-order valence-corrected chi connectivity index (χ2v) is 5.35. The molecular weight excluding hydrogens is 176 g/mol. The van der Waals surface area contributed by atoms with Crippen molar-refractivity contribution in [2.45, 2.75) is 64.7 Å². The third kappa shape index (κ3) is 4.39. The number of hydrogen-bond acceptors (Lipinski definition) is 1. The maximum atomic E-state index is 4.24. The molecule has 1 aliphatic rings. The van der Waals surface area contributed by atoms with Crippen LogP contribution in [0.1, 0.15) is 64.7 Å². The first-order valence-electron chi connectivity index (χ1n) is 5.88. The van der Waals surface area contributed by atoms with E-state index in [9.17, 15) is 0 Å². The lowest BCUT2D eigenvalue weighted by atomic mass is 9.72. The van der Waals surface area contributed by atoms with Gasteiger partial charge in [-0.15, -0.1) is 0 Å². The van der Waals surface area contributed by atoms with Gasteiger partial charge in [-0.2, -0.15) is 12.6 Å². The van der Waals surface area contributed by atoms with Crippen LogP contribution in [0.15, 0.2) is 0 Å². The summed E-state index contributed by atoms with van der Waals surface area (Å²) in [6.07, 6.45) is 13.0. The van der Waals surface area contributed by atoms with E-state index in [0.29, 0.717) is 5.41 Å². The summed E-state index contributed by atoms with van der Waals surface area (Å²) in [5.74, 6) is 1.07. The molecule has 0 spiro atoms. The van der Waals surface area contributed by atoms with Crippen LogP contribution in [-0.2, 0) is 0 Å². The SMILES string of the molecule is CC1(CCCCCS)CCCCC1. The van der Waals surface area contributed by atoms with Crippen LogP contribution in [0.25, 0.3) is 0 Å². The van der Waals surface area contributed by atoms with Gasteiger partial charge < -0.3 is 0 Å². The summed E-state index contributed by atoms with van der Waals surface area (Å²) < 4.78 is 0. The van der Waals surface area contributed by atoms with E-state index in [1.54, 1.807) is 0 Å². The largest absolute Gasteiger partial charge is 0.179 e. The minimum atomic E-state index is 0.703.